The van der Waals surface area contributed by atoms with Gasteiger partial charge in [-0.2, -0.15) is 0 Å². The molecule has 0 bridgehead atoms. The first-order valence-electron chi connectivity index (χ1n) is 4.61. The molecule has 12 heavy (non-hydrogen) atoms. The minimum Gasteiger partial charge on any atom is -0.462 e. The van der Waals surface area contributed by atoms with Crippen molar-refractivity contribution in [3.8, 4) is 0 Å². The summed E-state index contributed by atoms with van der Waals surface area (Å²) in [6.07, 6.45) is 3.70. The van der Waals surface area contributed by atoms with Gasteiger partial charge in [0.15, 0.2) is 0 Å². The molecule has 1 aliphatic carbocycles. The number of ether oxygens (including phenoxy) is 1. The molecule has 3 nitrogen and oxygen atoms in total. The smallest absolute Gasteiger partial charge is 0.320 e. The van der Waals surface area contributed by atoms with Crippen LogP contribution in [0, 0.1) is 0 Å². The van der Waals surface area contributed by atoms with Crippen molar-refractivity contribution in [2.45, 2.75) is 45.3 Å². The van der Waals surface area contributed by atoms with Gasteiger partial charge in [-0.1, -0.05) is 6.42 Å². The number of carbonyl (C=O) groups excluding carboxylic acids is 1. The molecule has 70 valence electrons. The average molecular weight is 171 g/mol. The van der Waals surface area contributed by atoms with E-state index in [-0.39, 0.29) is 12.1 Å². The van der Waals surface area contributed by atoms with Crippen molar-refractivity contribution in [2.24, 2.45) is 0 Å². The van der Waals surface area contributed by atoms with E-state index in [2.05, 4.69) is 5.32 Å². The largest absolute Gasteiger partial charge is 0.462 e. The summed E-state index contributed by atoms with van der Waals surface area (Å²) in [5.41, 5.74) is 0. The van der Waals surface area contributed by atoms with E-state index in [9.17, 15) is 4.79 Å². The molecule has 1 fully saturated rings. The number of hydrogen-bond donors (Lipinski definition) is 1. The highest BCUT2D eigenvalue weighted by Gasteiger charge is 2.17. The molecular formula is C9H17NO2. The molecule has 0 radical (unpaired) electrons. The van der Waals surface area contributed by atoms with E-state index in [1.165, 1.54) is 19.3 Å². The minimum atomic E-state index is -0.142. The molecule has 0 aromatic rings. The second kappa shape index (κ2) is 4.45. The molecular weight excluding hydrogens is 154 g/mol. The predicted octanol–water partition coefficient (Wildman–Crippen LogP) is 1.08. The topological polar surface area (TPSA) is 38.3 Å². The maximum Gasteiger partial charge on any atom is 0.320 e. The molecule has 3 heteroatoms. The lowest BCUT2D eigenvalue weighted by atomic mass is 9.93. The molecule has 0 aromatic heterocycles. The molecule has 1 rings (SSSR count). The van der Waals surface area contributed by atoms with Crippen LogP contribution in [0.1, 0.15) is 33.1 Å². The number of hydrogen-bond acceptors (Lipinski definition) is 3. The number of rotatable bonds is 4. The van der Waals surface area contributed by atoms with Crippen molar-refractivity contribution in [3.63, 3.8) is 0 Å². The monoisotopic (exact) mass is 171 g/mol. The van der Waals surface area contributed by atoms with Crippen molar-refractivity contribution in [1.82, 2.24) is 5.32 Å². The number of carbonyl (C=O) groups is 1. The predicted molar refractivity (Wildman–Crippen MR) is 46.9 cm³/mol. The summed E-state index contributed by atoms with van der Waals surface area (Å²) in [4.78, 5) is 11.0. The Bertz CT molecular complexity index is 153. The Kier molecular flexibility index (Phi) is 3.53. The Morgan fingerprint density at radius 3 is 2.67 bits per heavy atom. The molecule has 1 N–H and O–H groups in total. The lowest BCUT2D eigenvalue weighted by Crippen LogP contribution is -2.39. The lowest BCUT2D eigenvalue weighted by molar-refractivity contribution is -0.146. The van der Waals surface area contributed by atoms with Gasteiger partial charge in [0.2, 0.25) is 0 Å². The van der Waals surface area contributed by atoms with Gasteiger partial charge < -0.3 is 10.1 Å². The fourth-order valence-corrected chi connectivity index (χ4v) is 1.14. The van der Waals surface area contributed by atoms with Crippen molar-refractivity contribution >= 4 is 5.97 Å². The van der Waals surface area contributed by atoms with E-state index in [0.29, 0.717) is 12.6 Å². The molecule has 0 aliphatic heterocycles. The van der Waals surface area contributed by atoms with Crippen molar-refractivity contribution < 1.29 is 9.53 Å². The Hall–Kier alpha value is -0.570. The molecule has 0 atom stereocenters. The van der Waals surface area contributed by atoms with E-state index in [1.807, 2.05) is 13.8 Å². The van der Waals surface area contributed by atoms with E-state index >= 15 is 0 Å². The zero-order valence-electron chi connectivity index (χ0n) is 7.80. The van der Waals surface area contributed by atoms with Gasteiger partial charge in [-0.3, -0.25) is 4.79 Å². The van der Waals surface area contributed by atoms with Crippen LogP contribution in [0.5, 0.6) is 0 Å². The molecule has 1 aliphatic rings. The minimum absolute atomic E-state index is 0.000639. The fourth-order valence-electron chi connectivity index (χ4n) is 1.14. The first-order valence-corrected chi connectivity index (χ1v) is 4.61. The highest BCUT2D eigenvalue weighted by molar-refractivity contribution is 5.71. The summed E-state index contributed by atoms with van der Waals surface area (Å²) >= 11 is 0. The van der Waals surface area contributed by atoms with E-state index < -0.39 is 0 Å². The molecule has 0 amide bonds. The summed E-state index contributed by atoms with van der Waals surface area (Å²) in [5, 5.41) is 3.15. The van der Waals surface area contributed by atoms with Crippen LogP contribution in [0.15, 0.2) is 0 Å². The summed E-state index contributed by atoms with van der Waals surface area (Å²) in [6, 6.07) is 0.560. The highest BCUT2D eigenvalue weighted by Crippen LogP contribution is 2.17. The van der Waals surface area contributed by atoms with E-state index in [0.717, 1.165) is 0 Å². The SMILES string of the molecule is CC(C)OC(=O)CNC1CCC1. The van der Waals surface area contributed by atoms with Gasteiger partial charge in [-0.25, -0.2) is 0 Å². The summed E-state index contributed by atoms with van der Waals surface area (Å²) in [7, 11) is 0. The van der Waals surface area contributed by atoms with Crippen LogP contribution in [0.2, 0.25) is 0 Å². The fraction of sp³-hybridized carbons (Fsp3) is 0.889. The second-order valence-corrected chi connectivity index (χ2v) is 3.55. The van der Waals surface area contributed by atoms with Crippen LogP contribution in [0.3, 0.4) is 0 Å². The van der Waals surface area contributed by atoms with Gasteiger partial charge in [-0.05, 0) is 26.7 Å². The normalized spacial score (nSPS) is 17.6. The molecule has 0 unspecified atom stereocenters. The Labute approximate surface area is 73.5 Å². The Morgan fingerprint density at radius 2 is 2.25 bits per heavy atom. The van der Waals surface area contributed by atoms with Crippen LogP contribution in [0.25, 0.3) is 0 Å². The van der Waals surface area contributed by atoms with Crippen molar-refractivity contribution in [3.05, 3.63) is 0 Å². The zero-order valence-corrected chi connectivity index (χ0v) is 7.80. The van der Waals surface area contributed by atoms with Crippen LogP contribution in [-0.2, 0) is 9.53 Å². The third-order valence-electron chi connectivity index (χ3n) is 2.01. The maximum atomic E-state index is 11.0. The maximum absolute atomic E-state index is 11.0. The molecule has 0 heterocycles. The third-order valence-corrected chi connectivity index (χ3v) is 2.01. The molecule has 0 aromatic carbocycles. The van der Waals surface area contributed by atoms with Crippen LogP contribution >= 0.6 is 0 Å². The van der Waals surface area contributed by atoms with E-state index in [1.54, 1.807) is 0 Å². The van der Waals surface area contributed by atoms with Gasteiger partial charge in [-0.15, -0.1) is 0 Å². The first-order chi connectivity index (χ1) is 5.68. The zero-order chi connectivity index (χ0) is 8.97. The third kappa shape index (κ3) is 3.22. The molecule has 1 saturated carbocycles. The Morgan fingerprint density at radius 1 is 1.58 bits per heavy atom. The van der Waals surface area contributed by atoms with Crippen molar-refractivity contribution in [2.75, 3.05) is 6.54 Å². The summed E-state index contributed by atoms with van der Waals surface area (Å²) in [6.45, 7) is 4.09. The lowest BCUT2D eigenvalue weighted by Gasteiger charge is -2.26. The van der Waals surface area contributed by atoms with Gasteiger partial charge in [0.05, 0.1) is 12.6 Å². The Balaban J connectivity index is 2.01. The average Bonchev–Trinajstić information content (AvgIpc) is 1.81. The van der Waals surface area contributed by atoms with Gasteiger partial charge in [0.25, 0.3) is 0 Å². The van der Waals surface area contributed by atoms with Gasteiger partial charge in [0.1, 0.15) is 0 Å². The molecule has 0 saturated heterocycles. The summed E-state index contributed by atoms with van der Waals surface area (Å²) < 4.78 is 4.97. The van der Waals surface area contributed by atoms with Gasteiger partial charge in [0, 0.05) is 6.04 Å². The van der Waals surface area contributed by atoms with E-state index in [4.69, 9.17) is 4.74 Å². The van der Waals surface area contributed by atoms with Crippen molar-refractivity contribution in [1.29, 1.82) is 0 Å². The standard InChI is InChI=1S/C9H17NO2/c1-7(2)12-9(11)6-10-8-4-3-5-8/h7-8,10H,3-6H2,1-2H3. The highest BCUT2D eigenvalue weighted by atomic mass is 16.5. The van der Waals surface area contributed by atoms with Crippen LogP contribution in [-0.4, -0.2) is 24.7 Å². The number of nitrogens with one attached hydrogen (secondary N) is 1. The van der Waals surface area contributed by atoms with Crippen LogP contribution < -0.4 is 5.32 Å². The van der Waals surface area contributed by atoms with Gasteiger partial charge >= 0.3 is 5.97 Å². The summed E-state index contributed by atoms with van der Waals surface area (Å²) in [5.74, 6) is -0.142. The molecule has 0 spiro atoms. The quantitative estimate of drug-likeness (QED) is 0.643. The first kappa shape index (κ1) is 9.52. The number of esters is 1. The second-order valence-electron chi connectivity index (χ2n) is 3.55. The van der Waals surface area contributed by atoms with Crippen LogP contribution in [0.4, 0.5) is 0 Å².